The summed E-state index contributed by atoms with van der Waals surface area (Å²) in [6, 6.07) is 4.06. The number of aliphatic imine (C=N–C) groups is 1. The van der Waals surface area contributed by atoms with Crippen molar-refractivity contribution in [2.24, 2.45) is 4.99 Å². The smallest absolute Gasteiger partial charge is 0.422 e. The number of nitrogens with zero attached hydrogens (tertiary/aromatic N) is 3. The van der Waals surface area contributed by atoms with Gasteiger partial charge >= 0.3 is 6.18 Å². The van der Waals surface area contributed by atoms with Crippen molar-refractivity contribution >= 4 is 5.96 Å². The van der Waals surface area contributed by atoms with Crippen LogP contribution in [0.15, 0.2) is 23.3 Å². The molecular formula is C18H28F3N5O. The van der Waals surface area contributed by atoms with Gasteiger partial charge in [-0.25, -0.2) is 4.98 Å². The van der Waals surface area contributed by atoms with Crippen LogP contribution in [0.25, 0.3) is 0 Å². The molecule has 1 aromatic rings. The first-order chi connectivity index (χ1) is 12.8. The van der Waals surface area contributed by atoms with Crippen molar-refractivity contribution in [3.63, 3.8) is 0 Å². The summed E-state index contributed by atoms with van der Waals surface area (Å²) in [6.07, 6.45) is -0.754. The number of rotatable bonds is 6. The molecule has 0 atom stereocenters. The van der Waals surface area contributed by atoms with E-state index in [1.807, 2.05) is 0 Å². The van der Waals surface area contributed by atoms with Gasteiger partial charge in [0.15, 0.2) is 12.6 Å². The lowest BCUT2D eigenvalue weighted by atomic mass is 10.0. The van der Waals surface area contributed by atoms with Gasteiger partial charge in [-0.05, 0) is 32.3 Å². The van der Waals surface area contributed by atoms with Crippen molar-refractivity contribution in [3.8, 4) is 5.88 Å². The lowest BCUT2D eigenvalue weighted by Crippen LogP contribution is -2.49. The number of hydrogen-bond donors (Lipinski definition) is 2. The summed E-state index contributed by atoms with van der Waals surface area (Å²) in [5, 5.41) is 6.63. The number of nitrogens with one attached hydrogen (secondary N) is 2. The molecule has 1 fully saturated rings. The van der Waals surface area contributed by atoms with Crippen LogP contribution in [0.4, 0.5) is 13.2 Å². The van der Waals surface area contributed by atoms with Crippen LogP contribution in [0.3, 0.4) is 0 Å². The fraction of sp³-hybridized carbons (Fsp3) is 0.667. The normalized spacial score (nSPS) is 17.2. The Bertz CT molecular complexity index is 596. The summed E-state index contributed by atoms with van der Waals surface area (Å²) in [6.45, 7) is 5.68. The van der Waals surface area contributed by atoms with Crippen molar-refractivity contribution < 1.29 is 17.9 Å². The monoisotopic (exact) mass is 387 g/mol. The number of piperidine rings is 1. The van der Waals surface area contributed by atoms with Gasteiger partial charge in [-0.1, -0.05) is 6.07 Å². The highest BCUT2D eigenvalue weighted by Gasteiger charge is 2.28. The maximum Gasteiger partial charge on any atom is 0.422 e. The van der Waals surface area contributed by atoms with Crippen LogP contribution in [0.5, 0.6) is 5.88 Å². The Hall–Kier alpha value is -2.03. The minimum absolute atomic E-state index is 0.0458. The van der Waals surface area contributed by atoms with Gasteiger partial charge < -0.3 is 20.3 Å². The van der Waals surface area contributed by atoms with Gasteiger partial charge in [0.2, 0.25) is 5.88 Å². The predicted molar refractivity (Wildman–Crippen MR) is 98.9 cm³/mol. The predicted octanol–water partition coefficient (Wildman–Crippen LogP) is 2.56. The number of ether oxygens (including phenoxy) is 1. The van der Waals surface area contributed by atoms with E-state index in [9.17, 15) is 13.2 Å². The van der Waals surface area contributed by atoms with Gasteiger partial charge in [-0.3, -0.25) is 4.99 Å². The fourth-order valence-electron chi connectivity index (χ4n) is 2.89. The second-order valence-corrected chi connectivity index (χ2v) is 6.88. The Kier molecular flexibility index (Phi) is 7.70. The molecule has 0 unspecified atom stereocenters. The molecule has 2 heterocycles. The Balaban J connectivity index is 1.76. The molecule has 1 aromatic heterocycles. The van der Waals surface area contributed by atoms with E-state index >= 15 is 0 Å². The van der Waals surface area contributed by atoms with Gasteiger partial charge in [-0.2, -0.15) is 13.2 Å². The van der Waals surface area contributed by atoms with Crippen LogP contribution < -0.4 is 15.4 Å². The second kappa shape index (κ2) is 9.77. The van der Waals surface area contributed by atoms with Crippen molar-refractivity contribution in [2.75, 3.05) is 26.7 Å². The third-order valence-electron chi connectivity index (χ3n) is 4.47. The summed E-state index contributed by atoms with van der Waals surface area (Å²) in [7, 11) is 1.71. The zero-order valence-corrected chi connectivity index (χ0v) is 16.0. The van der Waals surface area contributed by atoms with Crippen molar-refractivity contribution in [2.45, 2.75) is 51.5 Å². The van der Waals surface area contributed by atoms with Crippen LogP contribution in [-0.2, 0) is 6.54 Å². The van der Waals surface area contributed by atoms with Crippen molar-refractivity contribution in [3.05, 3.63) is 23.9 Å². The summed E-state index contributed by atoms with van der Waals surface area (Å²) < 4.78 is 41.0. The molecule has 1 aliphatic heterocycles. The molecule has 1 aliphatic rings. The first-order valence-corrected chi connectivity index (χ1v) is 9.12. The van der Waals surface area contributed by atoms with E-state index in [0.29, 0.717) is 24.6 Å². The van der Waals surface area contributed by atoms with Crippen LogP contribution in [0.1, 0.15) is 32.3 Å². The Morgan fingerprint density at radius 3 is 2.56 bits per heavy atom. The van der Waals surface area contributed by atoms with E-state index in [4.69, 9.17) is 0 Å². The molecule has 2 N–H and O–H groups in total. The topological polar surface area (TPSA) is 61.8 Å². The van der Waals surface area contributed by atoms with Gasteiger partial charge in [-0.15, -0.1) is 0 Å². The second-order valence-electron chi connectivity index (χ2n) is 6.88. The van der Waals surface area contributed by atoms with Crippen LogP contribution in [0, 0.1) is 0 Å². The summed E-state index contributed by atoms with van der Waals surface area (Å²) in [5.74, 6) is 0.658. The Labute approximate surface area is 158 Å². The highest BCUT2D eigenvalue weighted by atomic mass is 19.4. The number of pyridine rings is 1. The van der Waals surface area contributed by atoms with Gasteiger partial charge in [0.25, 0.3) is 0 Å². The van der Waals surface area contributed by atoms with Crippen LogP contribution >= 0.6 is 0 Å². The molecule has 0 saturated carbocycles. The molecule has 0 spiro atoms. The average Bonchev–Trinajstić information content (AvgIpc) is 2.64. The lowest BCUT2D eigenvalue weighted by molar-refractivity contribution is -0.154. The average molecular weight is 387 g/mol. The number of likely N-dealkylation sites (tertiary alicyclic amines) is 1. The highest BCUT2D eigenvalue weighted by Crippen LogP contribution is 2.17. The third-order valence-corrected chi connectivity index (χ3v) is 4.47. The molecule has 152 valence electrons. The number of guanidine groups is 1. The van der Waals surface area contributed by atoms with E-state index in [-0.39, 0.29) is 5.88 Å². The van der Waals surface area contributed by atoms with E-state index in [1.54, 1.807) is 13.1 Å². The maximum atomic E-state index is 12.1. The van der Waals surface area contributed by atoms with Crippen molar-refractivity contribution in [1.82, 2.24) is 20.5 Å². The van der Waals surface area contributed by atoms with E-state index in [0.717, 1.165) is 31.5 Å². The van der Waals surface area contributed by atoms with Gasteiger partial charge in [0, 0.05) is 51.0 Å². The minimum Gasteiger partial charge on any atom is -0.468 e. The summed E-state index contributed by atoms with van der Waals surface area (Å²) in [5.41, 5.74) is 0.826. The van der Waals surface area contributed by atoms with Crippen LogP contribution in [-0.4, -0.2) is 60.8 Å². The first-order valence-electron chi connectivity index (χ1n) is 9.12. The number of alkyl halides is 3. The lowest BCUT2D eigenvalue weighted by Gasteiger charge is -2.35. The minimum atomic E-state index is -4.37. The maximum absolute atomic E-state index is 12.1. The van der Waals surface area contributed by atoms with E-state index in [2.05, 4.69) is 44.1 Å². The van der Waals surface area contributed by atoms with E-state index < -0.39 is 12.8 Å². The molecular weight excluding hydrogens is 359 g/mol. The molecule has 0 aliphatic carbocycles. The zero-order valence-electron chi connectivity index (χ0n) is 16.0. The molecule has 2 rings (SSSR count). The third kappa shape index (κ3) is 7.62. The highest BCUT2D eigenvalue weighted by molar-refractivity contribution is 5.79. The molecule has 1 saturated heterocycles. The Morgan fingerprint density at radius 2 is 2.04 bits per heavy atom. The molecule has 6 nitrogen and oxygen atoms in total. The first kappa shape index (κ1) is 21.3. The molecule has 0 aromatic carbocycles. The van der Waals surface area contributed by atoms with Gasteiger partial charge in [0.1, 0.15) is 0 Å². The molecule has 0 amide bonds. The number of halogens is 3. The van der Waals surface area contributed by atoms with Crippen LogP contribution in [0.2, 0.25) is 0 Å². The molecule has 27 heavy (non-hydrogen) atoms. The van der Waals surface area contributed by atoms with E-state index in [1.165, 1.54) is 12.3 Å². The Morgan fingerprint density at radius 1 is 1.33 bits per heavy atom. The summed E-state index contributed by atoms with van der Waals surface area (Å²) in [4.78, 5) is 10.6. The standard InChI is InChI=1S/C18H28F3N5O/c1-13(2)26-8-6-15(7-9-26)25-17(22-3)24-11-14-4-5-16(23-10-14)27-12-18(19,20)21/h4-5,10,13,15H,6-9,11-12H2,1-3H3,(H2,22,24,25). The molecule has 0 bridgehead atoms. The van der Waals surface area contributed by atoms with Gasteiger partial charge in [0.05, 0.1) is 0 Å². The molecule has 9 heteroatoms. The number of hydrogen-bond acceptors (Lipinski definition) is 4. The fourth-order valence-corrected chi connectivity index (χ4v) is 2.89. The quantitative estimate of drug-likeness (QED) is 0.580. The number of aromatic nitrogens is 1. The zero-order chi connectivity index (χ0) is 19.9. The van der Waals surface area contributed by atoms with Crippen molar-refractivity contribution in [1.29, 1.82) is 0 Å². The SMILES string of the molecule is CN=C(NCc1ccc(OCC(F)(F)F)nc1)NC1CCN(C(C)C)CC1. The molecule has 0 radical (unpaired) electrons. The summed E-state index contributed by atoms with van der Waals surface area (Å²) >= 11 is 0. The largest absolute Gasteiger partial charge is 0.468 e.